The van der Waals surface area contributed by atoms with Gasteiger partial charge in [-0.1, -0.05) is 0 Å². The van der Waals surface area contributed by atoms with Gasteiger partial charge in [-0.3, -0.25) is 4.79 Å². The Hall–Kier alpha value is -0.770. The number of hydrogen-bond donors (Lipinski definition) is 1. The Bertz CT molecular complexity index is 254. The maximum absolute atomic E-state index is 10.2. The molecule has 0 bridgehead atoms. The summed E-state index contributed by atoms with van der Waals surface area (Å²) in [6, 6.07) is 1.76. The zero-order valence-corrected chi connectivity index (χ0v) is 7.30. The molecule has 3 nitrogen and oxygen atoms in total. The van der Waals surface area contributed by atoms with E-state index in [0.29, 0.717) is 11.1 Å². The molecule has 0 unspecified atom stereocenters. The van der Waals surface area contributed by atoms with Gasteiger partial charge >= 0.3 is 5.97 Å². The molecular formula is C7H7BrO3. The summed E-state index contributed by atoms with van der Waals surface area (Å²) in [6.45, 7) is 0. The minimum atomic E-state index is -0.793. The Labute approximate surface area is 72.1 Å². The van der Waals surface area contributed by atoms with E-state index in [-0.39, 0.29) is 6.42 Å². The molecule has 60 valence electrons. The highest BCUT2D eigenvalue weighted by molar-refractivity contribution is 9.10. The minimum Gasteiger partial charge on any atom is -0.481 e. The highest BCUT2D eigenvalue weighted by Crippen LogP contribution is 2.18. The first-order valence-electron chi connectivity index (χ1n) is 3.14. The van der Waals surface area contributed by atoms with E-state index >= 15 is 0 Å². The van der Waals surface area contributed by atoms with Gasteiger partial charge in [0.25, 0.3) is 0 Å². The maximum atomic E-state index is 10.2. The van der Waals surface area contributed by atoms with E-state index in [1.807, 2.05) is 0 Å². The summed E-state index contributed by atoms with van der Waals surface area (Å²) >= 11 is 3.16. The van der Waals surface area contributed by atoms with E-state index in [4.69, 9.17) is 9.52 Å². The summed E-state index contributed by atoms with van der Waals surface area (Å²) in [5.74, 6) is -0.793. The van der Waals surface area contributed by atoms with Crippen LogP contribution in [0.5, 0.6) is 0 Å². The number of carboxylic acid groups (broad SMARTS) is 1. The second kappa shape index (κ2) is 3.57. The van der Waals surface area contributed by atoms with Gasteiger partial charge in [-0.25, -0.2) is 0 Å². The van der Waals surface area contributed by atoms with E-state index in [0.717, 1.165) is 5.56 Å². The van der Waals surface area contributed by atoms with Crippen molar-refractivity contribution in [3.8, 4) is 0 Å². The molecule has 4 heteroatoms. The van der Waals surface area contributed by atoms with Crippen LogP contribution < -0.4 is 0 Å². The average molecular weight is 219 g/mol. The molecule has 11 heavy (non-hydrogen) atoms. The van der Waals surface area contributed by atoms with Crippen molar-refractivity contribution in [2.24, 2.45) is 0 Å². The Morgan fingerprint density at radius 1 is 1.73 bits per heavy atom. The molecule has 0 aliphatic heterocycles. The van der Waals surface area contributed by atoms with Crippen LogP contribution in [0, 0.1) is 0 Å². The Morgan fingerprint density at radius 3 is 2.91 bits per heavy atom. The number of aliphatic carboxylic acids is 1. The monoisotopic (exact) mass is 218 g/mol. The lowest BCUT2D eigenvalue weighted by Crippen LogP contribution is -1.96. The quantitative estimate of drug-likeness (QED) is 0.846. The van der Waals surface area contributed by atoms with Crippen LogP contribution in [0.3, 0.4) is 0 Å². The predicted molar refractivity (Wildman–Crippen MR) is 42.4 cm³/mol. The average Bonchev–Trinajstić information content (AvgIpc) is 2.31. The smallest absolute Gasteiger partial charge is 0.303 e. The number of carboxylic acids is 1. The molecule has 0 atom stereocenters. The van der Waals surface area contributed by atoms with Crippen molar-refractivity contribution in [2.75, 3.05) is 0 Å². The van der Waals surface area contributed by atoms with Crippen molar-refractivity contribution < 1.29 is 14.3 Å². The van der Waals surface area contributed by atoms with Gasteiger partial charge in [0, 0.05) is 12.0 Å². The van der Waals surface area contributed by atoms with Crippen LogP contribution in [0.1, 0.15) is 12.0 Å². The van der Waals surface area contributed by atoms with Crippen LogP contribution in [-0.4, -0.2) is 11.1 Å². The molecule has 1 aromatic rings. The van der Waals surface area contributed by atoms with Gasteiger partial charge in [-0.15, -0.1) is 0 Å². The van der Waals surface area contributed by atoms with Gasteiger partial charge in [0.15, 0.2) is 4.67 Å². The number of rotatable bonds is 3. The van der Waals surface area contributed by atoms with Crippen LogP contribution in [-0.2, 0) is 11.2 Å². The molecule has 0 aromatic carbocycles. The topological polar surface area (TPSA) is 50.4 Å². The molecule has 0 saturated carbocycles. The lowest BCUT2D eigenvalue weighted by Gasteiger charge is -1.92. The fourth-order valence-electron chi connectivity index (χ4n) is 0.740. The van der Waals surface area contributed by atoms with Crippen molar-refractivity contribution in [1.29, 1.82) is 0 Å². The van der Waals surface area contributed by atoms with Crippen LogP contribution in [0.15, 0.2) is 21.4 Å². The molecule has 0 spiro atoms. The van der Waals surface area contributed by atoms with E-state index in [9.17, 15) is 4.79 Å². The number of hydrogen-bond acceptors (Lipinski definition) is 2. The summed E-state index contributed by atoms with van der Waals surface area (Å²) < 4.78 is 5.54. The molecule has 1 aromatic heterocycles. The van der Waals surface area contributed by atoms with Gasteiger partial charge in [-0.2, -0.15) is 0 Å². The van der Waals surface area contributed by atoms with Gasteiger partial charge in [-0.05, 0) is 28.4 Å². The Kier molecular flexibility index (Phi) is 2.70. The molecule has 0 fully saturated rings. The maximum Gasteiger partial charge on any atom is 0.303 e. The third kappa shape index (κ3) is 2.38. The molecule has 0 aliphatic carbocycles. The van der Waals surface area contributed by atoms with E-state index in [2.05, 4.69) is 15.9 Å². The first kappa shape index (κ1) is 8.33. The second-order valence-corrected chi connectivity index (χ2v) is 2.83. The van der Waals surface area contributed by atoms with Crippen LogP contribution >= 0.6 is 15.9 Å². The van der Waals surface area contributed by atoms with Crippen molar-refractivity contribution in [2.45, 2.75) is 12.8 Å². The van der Waals surface area contributed by atoms with Crippen LogP contribution in [0.25, 0.3) is 0 Å². The number of halogens is 1. The predicted octanol–water partition coefficient (Wildman–Crippen LogP) is 2.06. The highest BCUT2D eigenvalue weighted by atomic mass is 79.9. The Morgan fingerprint density at radius 2 is 2.45 bits per heavy atom. The lowest BCUT2D eigenvalue weighted by atomic mass is 10.2. The van der Waals surface area contributed by atoms with Gasteiger partial charge < -0.3 is 9.52 Å². The number of carbonyl (C=O) groups is 1. The molecule has 1 heterocycles. The van der Waals surface area contributed by atoms with Gasteiger partial charge in [0.2, 0.25) is 0 Å². The lowest BCUT2D eigenvalue weighted by molar-refractivity contribution is -0.136. The summed E-state index contributed by atoms with van der Waals surface area (Å²) in [7, 11) is 0. The van der Waals surface area contributed by atoms with Crippen molar-refractivity contribution in [3.63, 3.8) is 0 Å². The fraction of sp³-hybridized carbons (Fsp3) is 0.286. The summed E-state index contributed by atoms with van der Waals surface area (Å²) in [5, 5.41) is 8.36. The highest BCUT2D eigenvalue weighted by Gasteiger charge is 2.04. The summed E-state index contributed by atoms with van der Waals surface area (Å²) in [5.41, 5.74) is 0.896. The van der Waals surface area contributed by atoms with Crippen LogP contribution in [0.2, 0.25) is 0 Å². The van der Waals surface area contributed by atoms with Crippen molar-refractivity contribution in [3.05, 3.63) is 22.6 Å². The third-order valence-electron chi connectivity index (χ3n) is 1.30. The first-order chi connectivity index (χ1) is 5.20. The third-order valence-corrected chi connectivity index (χ3v) is 2.00. The van der Waals surface area contributed by atoms with Gasteiger partial charge in [0.05, 0.1) is 6.26 Å². The van der Waals surface area contributed by atoms with Crippen molar-refractivity contribution in [1.82, 2.24) is 0 Å². The van der Waals surface area contributed by atoms with E-state index in [1.165, 1.54) is 6.26 Å². The SMILES string of the molecule is O=C(O)CCc1ccoc1Br. The fourth-order valence-corrected chi connectivity index (χ4v) is 1.18. The summed E-state index contributed by atoms with van der Waals surface area (Å²) in [6.07, 6.45) is 2.17. The zero-order valence-electron chi connectivity index (χ0n) is 5.71. The first-order valence-corrected chi connectivity index (χ1v) is 3.93. The molecule has 1 rings (SSSR count). The molecular weight excluding hydrogens is 212 g/mol. The van der Waals surface area contributed by atoms with E-state index < -0.39 is 5.97 Å². The molecule has 0 radical (unpaired) electrons. The summed E-state index contributed by atoms with van der Waals surface area (Å²) in [4.78, 5) is 10.2. The number of furan rings is 1. The standard InChI is InChI=1S/C7H7BrO3/c8-7-5(3-4-11-7)1-2-6(9)10/h3-4H,1-2H2,(H,9,10). The van der Waals surface area contributed by atoms with E-state index in [1.54, 1.807) is 6.07 Å². The van der Waals surface area contributed by atoms with Crippen LogP contribution in [0.4, 0.5) is 0 Å². The Balaban J connectivity index is 2.51. The number of aryl methyl sites for hydroxylation is 1. The van der Waals surface area contributed by atoms with Gasteiger partial charge in [0.1, 0.15) is 0 Å². The molecule has 0 amide bonds. The second-order valence-electron chi connectivity index (χ2n) is 2.11. The minimum absolute atomic E-state index is 0.137. The zero-order chi connectivity index (χ0) is 8.27. The normalized spacial score (nSPS) is 9.91. The largest absolute Gasteiger partial charge is 0.481 e. The molecule has 0 aliphatic rings. The molecule has 1 N–H and O–H groups in total. The van der Waals surface area contributed by atoms with Crippen molar-refractivity contribution >= 4 is 21.9 Å². The molecule has 0 saturated heterocycles.